The highest BCUT2D eigenvalue weighted by atomic mass is 16.5. The molecular weight excluding hydrogens is 440 g/mol. The number of aryl methyl sites for hydroxylation is 1. The van der Waals surface area contributed by atoms with Crippen molar-refractivity contribution in [2.75, 3.05) is 32.7 Å². The normalized spacial score (nSPS) is 10.3. The van der Waals surface area contributed by atoms with Crippen LogP contribution >= 0.6 is 0 Å². The van der Waals surface area contributed by atoms with E-state index in [1.165, 1.54) is 44.2 Å². The quantitative estimate of drug-likeness (QED) is 0.328. The number of rotatable bonds is 11. The minimum absolute atomic E-state index is 0.00515. The second kappa shape index (κ2) is 12.1. The van der Waals surface area contributed by atoms with E-state index in [1.807, 2.05) is 30.3 Å². The molecule has 0 radical (unpaired) electrons. The predicted molar refractivity (Wildman–Crippen MR) is 124 cm³/mol. The van der Waals surface area contributed by atoms with Crippen molar-refractivity contribution < 1.29 is 33.0 Å². The van der Waals surface area contributed by atoms with Crippen LogP contribution < -0.4 is 20.1 Å². The summed E-state index contributed by atoms with van der Waals surface area (Å²) < 4.78 is 20.8. The van der Waals surface area contributed by atoms with Gasteiger partial charge in [-0.2, -0.15) is 0 Å². The summed E-state index contributed by atoms with van der Waals surface area (Å²) in [5, 5.41) is 5.32. The van der Waals surface area contributed by atoms with E-state index in [0.29, 0.717) is 12.3 Å². The number of nitrogens with one attached hydrogen (secondary N) is 2. The second-order valence-corrected chi connectivity index (χ2v) is 7.20. The molecule has 0 aliphatic rings. The van der Waals surface area contributed by atoms with Gasteiger partial charge in [-0.05, 0) is 30.5 Å². The maximum atomic E-state index is 12.7. The summed E-state index contributed by atoms with van der Waals surface area (Å²) in [6, 6.07) is 15.8. The van der Waals surface area contributed by atoms with Crippen molar-refractivity contribution in [2.24, 2.45) is 0 Å². The number of ether oxygens (including phenoxy) is 3. The average Bonchev–Trinajstić information content (AvgIpc) is 3.41. The molecule has 9 nitrogen and oxygen atoms in total. The van der Waals surface area contributed by atoms with Crippen molar-refractivity contribution in [1.82, 2.24) is 5.32 Å². The Morgan fingerprint density at radius 1 is 0.941 bits per heavy atom. The Morgan fingerprint density at radius 2 is 1.68 bits per heavy atom. The molecule has 0 saturated heterocycles. The van der Waals surface area contributed by atoms with Crippen molar-refractivity contribution in [3.8, 4) is 11.5 Å². The standard InChI is InChI=1S/C25H26N2O7/c1-31-21-14-18(19(15-22(21)32-2)27-24(29)20-11-7-13-33-20)25(30)34-16-23(28)26-12-6-10-17-8-4-3-5-9-17/h3-5,7-9,11,13-15H,6,10,12,16H2,1-2H3,(H,26,28)(H,27,29). The summed E-state index contributed by atoms with van der Waals surface area (Å²) in [6.45, 7) is -0.0177. The molecule has 0 fully saturated rings. The third-order valence-electron chi connectivity index (χ3n) is 4.88. The fraction of sp³-hybridized carbons (Fsp3) is 0.240. The zero-order valence-corrected chi connectivity index (χ0v) is 19.0. The molecule has 0 aliphatic heterocycles. The number of furan rings is 1. The van der Waals surface area contributed by atoms with Gasteiger partial charge in [-0.1, -0.05) is 30.3 Å². The van der Waals surface area contributed by atoms with E-state index in [4.69, 9.17) is 18.6 Å². The molecule has 0 bridgehead atoms. The maximum Gasteiger partial charge on any atom is 0.340 e. The van der Waals surface area contributed by atoms with Gasteiger partial charge in [-0.3, -0.25) is 9.59 Å². The minimum Gasteiger partial charge on any atom is -0.493 e. The van der Waals surface area contributed by atoms with Gasteiger partial charge in [-0.25, -0.2) is 4.79 Å². The van der Waals surface area contributed by atoms with Crippen LogP contribution in [0, 0.1) is 0 Å². The predicted octanol–water partition coefficient (Wildman–Crippen LogP) is 3.45. The number of carbonyl (C=O) groups is 3. The largest absolute Gasteiger partial charge is 0.493 e. The number of hydrogen-bond acceptors (Lipinski definition) is 7. The van der Waals surface area contributed by atoms with Crippen molar-refractivity contribution in [3.05, 3.63) is 77.7 Å². The first-order valence-electron chi connectivity index (χ1n) is 10.6. The van der Waals surface area contributed by atoms with Crippen molar-refractivity contribution in [2.45, 2.75) is 12.8 Å². The van der Waals surface area contributed by atoms with Crippen LogP contribution in [0.2, 0.25) is 0 Å². The van der Waals surface area contributed by atoms with Crippen LogP contribution in [0.1, 0.15) is 32.9 Å². The number of anilines is 1. The summed E-state index contributed by atoms with van der Waals surface area (Å²) in [5.74, 6) is -1.19. The lowest BCUT2D eigenvalue weighted by Crippen LogP contribution is -2.30. The number of methoxy groups -OCH3 is 2. The van der Waals surface area contributed by atoms with Gasteiger partial charge in [0.25, 0.3) is 11.8 Å². The number of benzene rings is 2. The van der Waals surface area contributed by atoms with E-state index in [1.54, 1.807) is 6.07 Å². The Balaban J connectivity index is 1.60. The summed E-state index contributed by atoms with van der Waals surface area (Å²) >= 11 is 0. The van der Waals surface area contributed by atoms with Gasteiger partial charge in [0.15, 0.2) is 23.9 Å². The molecular formula is C25H26N2O7. The molecule has 0 saturated carbocycles. The first kappa shape index (κ1) is 24.4. The van der Waals surface area contributed by atoms with Crippen LogP contribution in [-0.2, 0) is 16.0 Å². The van der Waals surface area contributed by atoms with Gasteiger partial charge in [0, 0.05) is 18.7 Å². The summed E-state index contributed by atoms with van der Waals surface area (Å²) in [6.07, 6.45) is 2.94. The molecule has 2 amide bonds. The molecule has 2 aromatic carbocycles. The molecule has 0 unspecified atom stereocenters. The highest BCUT2D eigenvalue weighted by molar-refractivity contribution is 6.07. The van der Waals surface area contributed by atoms with Crippen LogP contribution in [0.5, 0.6) is 11.5 Å². The number of esters is 1. The van der Waals surface area contributed by atoms with Crippen LogP contribution in [0.4, 0.5) is 5.69 Å². The molecule has 3 rings (SSSR count). The number of carbonyl (C=O) groups excluding carboxylic acids is 3. The maximum absolute atomic E-state index is 12.7. The molecule has 0 spiro atoms. The Bertz CT molecular complexity index is 1110. The van der Waals surface area contributed by atoms with E-state index in [0.717, 1.165) is 12.8 Å². The second-order valence-electron chi connectivity index (χ2n) is 7.20. The Labute approximate surface area is 197 Å². The lowest BCUT2D eigenvalue weighted by atomic mass is 10.1. The number of hydrogen-bond donors (Lipinski definition) is 2. The molecule has 0 atom stereocenters. The van der Waals surface area contributed by atoms with Crippen molar-refractivity contribution >= 4 is 23.5 Å². The van der Waals surface area contributed by atoms with E-state index >= 15 is 0 Å². The SMILES string of the molecule is COc1cc(NC(=O)c2ccco2)c(C(=O)OCC(=O)NCCCc2ccccc2)cc1OC. The molecule has 9 heteroatoms. The molecule has 0 aliphatic carbocycles. The van der Waals surface area contributed by atoms with Gasteiger partial charge < -0.3 is 29.3 Å². The van der Waals surface area contributed by atoms with E-state index in [-0.39, 0.29) is 22.8 Å². The third kappa shape index (κ3) is 6.61. The van der Waals surface area contributed by atoms with E-state index in [9.17, 15) is 14.4 Å². The van der Waals surface area contributed by atoms with Crippen LogP contribution in [-0.4, -0.2) is 45.2 Å². The van der Waals surface area contributed by atoms with Gasteiger partial charge in [-0.15, -0.1) is 0 Å². The van der Waals surface area contributed by atoms with E-state index < -0.39 is 24.4 Å². The van der Waals surface area contributed by atoms with Crippen molar-refractivity contribution in [1.29, 1.82) is 0 Å². The molecule has 1 heterocycles. The fourth-order valence-electron chi connectivity index (χ4n) is 3.17. The smallest absolute Gasteiger partial charge is 0.340 e. The molecule has 34 heavy (non-hydrogen) atoms. The first-order valence-corrected chi connectivity index (χ1v) is 10.6. The topological polar surface area (TPSA) is 116 Å². The summed E-state index contributed by atoms with van der Waals surface area (Å²) in [5.41, 5.74) is 1.29. The Morgan fingerprint density at radius 3 is 2.35 bits per heavy atom. The van der Waals surface area contributed by atoms with Gasteiger partial charge in [0.1, 0.15) is 0 Å². The molecule has 178 valence electrons. The zero-order valence-electron chi connectivity index (χ0n) is 19.0. The first-order chi connectivity index (χ1) is 16.5. The minimum atomic E-state index is -0.810. The monoisotopic (exact) mass is 466 g/mol. The fourth-order valence-corrected chi connectivity index (χ4v) is 3.17. The molecule has 3 aromatic rings. The lowest BCUT2D eigenvalue weighted by Gasteiger charge is -2.15. The Hall–Kier alpha value is -4.27. The van der Waals surface area contributed by atoms with Crippen molar-refractivity contribution in [3.63, 3.8) is 0 Å². The summed E-state index contributed by atoms with van der Waals surface area (Å²) in [7, 11) is 2.84. The number of amides is 2. The van der Waals surface area contributed by atoms with Gasteiger partial charge in [0.05, 0.1) is 31.7 Å². The lowest BCUT2D eigenvalue weighted by molar-refractivity contribution is -0.124. The Kier molecular flexibility index (Phi) is 8.67. The third-order valence-corrected chi connectivity index (χ3v) is 4.88. The highest BCUT2D eigenvalue weighted by Crippen LogP contribution is 2.34. The zero-order chi connectivity index (χ0) is 24.3. The molecule has 2 N–H and O–H groups in total. The summed E-state index contributed by atoms with van der Waals surface area (Å²) in [4.78, 5) is 37.3. The van der Waals surface area contributed by atoms with Crippen LogP contribution in [0.25, 0.3) is 0 Å². The van der Waals surface area contributed by atoms with Gasteiger partial charge in [0.2, 0.25) is 0 Å². The molecule has 1 aromatic heterocycles. The highest BCUT2D eigenvalue weighted by Gasteiger charge is 2.21. The average molecular weight is 466 g/mol. The van der Waals surface area contributed by atoms with Crippen LogP contribution in [0.3, 0.4) is 0 Å². The van der Waals surface area contributed by atoms with Gasteiger partial charge >= 0.3 is 5.97 Å². The van der Waals surface area contributed by atoms with E-state index in [2.05, 4.69) is 10.6 Å². The van der Waals surface area contributed by atoms with Crippen LogP contribution in [0.15, 0.2) is 65.3 Å².